The fraction of sp³-hybridized carbons (Fsp3) is 0.836. The van der Waals surface area contributed by atoms with E-state index >= 15 is 0 Å². The molecule has 0 aliphatic rings. The molecule has 0 aromatic rings. The zero-order valence-corrected chi connectivity index (χ0v) is 48.9. The lowest BCUT2D eigenvalue weighted by Crippen LogP contribution is -2.30. The van der Waals surface area contributed by atoms with Crippen LogP contribution in [0.4, 0.5) is 0 Å². The topological polar surface area (TPSA) is 78.9 Å². The molecule has 1 unspecified atom stereocenters. The number of ether oxygens (including phenoxy) is 3. The van der Waals surface area contributed by atoms with E-state index in [4.69, 9.17) is 14.2 Å². The first-order valence-corrected chi connectivity index (χ1v) is 32.1. The second kappa shape index (κ2) is 61.9. The molecule has 0 N–H and O–H groups in total. The zero-order chi connectivity index (χ0) is 52.9. The third kappa shape index (κ3) is 60.1. The summed E-state index contributed by atoms with van der Waals surface area (Å²) >= 11 is 0. The van der Waals surface area contributed by atoms with Crippen molar-refractivity contribution in [3.05, 3.63) is 48.6 Å². The highest BCUT2D eigenvalue weighted by Gasteiger charge is 2.19. The number of hydrogen-bond donors (Lipinski definition) is 0. The second-order valence-electron chi connectivity index (χ2n) is 21.7. The van der Waals surface area contributed by atoms with Gasteiger partial charge in [0.05, 0.1) is 0 Å². The van der Waals surface area contributed by atoms with Crippen molar-refractivity contribution in [2.24, 2.45) is 0 Å². The van der Waals surface area contributed by atoms with Gasteiger partial charge in [-0.1, -0.05) is 275 Å². The molecule has 0 amide bonds. The maximum atomic E-state index is 12.9. The molecule has 0 radical (unpaired) electrons. The van der Waals surface area contributed by atoms with Gasteiger partial charge in [-0.2, -0.15) is 0 Å². The van der Waals surface area contributed by atoms with Gasteiger partial charge in [-0.25, -0.2) is 0 Å². The fourth-order valence-electron chi connectivity index (χ4n) is 9.39. The van der Waals surface area contributed by atoms with Crippen LogP contribution in [0.1, 0.15) is 342 Å². The van der Waals surface area contributed by atoms with E-state index in [0.717, 1.165) is 70.6 Å². The van der Waals surface area contributed by atoms with Crippen molar-refractivity contribution in [1.82, 2.24) is 0 Å². The summed E-state index contributed by atoms with van der Waals surface area (Å²) in [6.45, 7) is 6.63. The van der Waals surface area contributed by atoms with Gasteiger partial charge in [-0.3, -0.25) is 14.4 Å². The van der Waals surface area contributed by atoms with E-state index in [1.165, 1.54) is 231 Å². The molecule has 0 bridgehead atoms. The average molecular weight is 1020 g/mol. The minimum Gasteiger partial charge on any atom is -0.462 e. The molecule has 0 aliphatic carbocycles. The van der Waals surface area contributed by atoms with Gasteiger partial charge < -0.3 is 14.2 Å². The summed E-state index contributed by atoms with van der Waals surface area (Å²) in [4.78, 5) is 38.2. The summed E-state index contributed by atoms with van der Waals surface area (Å²) in [5, 5.41) is 0. The molecule has 0 aliphatic heterocycles. The highest BCUT2D eigenvalue weighted by molar-refractivity contribution is 5.71. The second-order valence-corrected chi connectivity index (χ2v) is 21.7. The quantitative estimate of drug-likeness (QED) is 0.0261. The summed E-state index contributed by atoms with van der Waals surface area (Å²) in [5.74, 6) is -0.873. The summed E-state index contributed by atoms with van der Waals surface area (Å²) in [7, 11) is 0. The molecule has 1 atom stereocenters. The smallest absolute Gasteiger partial charge is 0.306 e. The summed E-state index contributed by atoms with van der Waals surface area (Å²) in [6, 6.07) is 0. The first-order chi connectivity index (χ1) is 36.0. The van der Waals surface area contributed by atoms with Crippen LogP contribution < -0.4 is 0 Å². The predicted octanol–water partition coefficient (Wildman–Crippen LogP) is 21.8. The highest BCUT2D eigenvalue weighted by atomic mass is 16.6. The molecule has 0 heterocycles. The molecule has 6 heteroatoms. The number of carbonyl (C=O) groups is 3. The van der Waals surface area contributed by atoms with E-state index in [9.17, 15) is 14.4 Å². The van der Waals surface area contributed by atoms with Crippen molar-refractivity contribution in [3.8, 4) is 0 Å². The van der Waals surface area contributed by atoms with Crippen molar-refractivity contribution in [1.29, 1.82) is 0 Å². The highest BCUT2D eigenvalue weighted by Crippen LogP contribution is 2.17. The van der Waals surface area contributed by atoms with Crippen LogP contribution in [0.3, 0.4) is 0 Å². The number of hydrogen-bond acceptors (Lipinski definition) is 6. The first-order valence-electron chi connectivity index (χ1n) is 32.1. The third-order valence-electron chi connectivity index (χ3n) is 14.3. The van der Waals surface area contributed by atoms with E-state index < -0.39 is 6.10 Å². The molecule has 426 valence electrons. The van der Waals surface area contributed by atoms with Crippen LogP contribution in [0.2, 0.25) is 0 Å². The molecule has 0 fully saturated rings. The van der Waals surface area contributed by atoms with Gasteiger partial charge in [0.1, 0.15) is 13.2 Å². The largest absolute Gasteiger partial charge is 0.462 e. The molecule has 0 saturated carbocycles. The van der Waals surface area contributed by atoms with Gasteiger partial charge in [0.15, 0.2) is 6.10 Å². The Hall–Kier alpha value is -2.63. The number of rotatable bonds is 59. The lowest BCUT2D eigenvalue weighted by molar-refractivity contribution is -0.167. The zero-order valence-electron chi connectivity index (χ0n) is 48.9. The van der Waals surface area contributed by atoms with E-state index in [0.29, 0.717) is 19.3 Å². The van der Waals surface area contributed by atoms with Gasteiger partial charge in [0, 0.05) is 19.3 Å². The molecule has 0 spiro atoms. The van der Waals surface area contributed by atoms with Gasteiger partial charge in [0.2, 0.25) is 0 Å². The van der Waals surface area contributed by atoms with Crippen LogP contribution in [0.15, 0.2) is 48.6 Å². The van der Waals surface area contributed by atoms with Crippen molar-refractivity contribution < 1.29 is 28.6 Å². The predicted molar refractivity (Wildman–Crippen MR) is 316 cm³/mol. The monoisotopic (exact) mass is 1020 g/mol. The Morgan fingerprint density at radius 1 is 0.274 bits per heavy atom. The van der Waals surface area contributed by atoms with Crippen molar-refractivity contribution in [3.63, 3.8) is 0 Å². The van der Waals surface area contributed by atoms with Crippen LogP contribution >= 0.6 is 0 Å². The molecular weight excluding hydrogens is 901 g/mol. The minimum atomic E-state index is -0.778. The maximum absolute atomic E-state index is 12.9. The summed E-state index contributed by atoms with van der Waals surface area (Å²) in [5.41, 5.74) is 0. The SMILES string of the molecule is CCCC/C=C\CCCCCCCC(=O)OCC(COC(=O)CCCCCCCCCCCCC/C=C\CCCCCCCCCC)OC(=O)CCCCCCCCCCC/C=C\C/C=C\CCCCCCC. The Kier molecular flexibility index (Phi) is 59.7. The maximum Gasteiger partial charge on any atom is 0.306 e. The van der Waals surface area contributed by atoms with E-state index in [1.807, 2.05) is 0 Å². The van der Waals surface area contributed by atoms with Crippen LogP contribution in [0, 0.1) is 0 Å². The molecular formula is C67H122O6. The number of unbranched alkanes of at least 4 members (excludes halogenated alkanes) is 40. The van der Waals surface area contributed by atoms with E-state index in [-0.39, 0.29) is 31.1 Å². The lowest BCUT2D eigenvalue weighted by Gasteiger charge is -2.18. The Morgan fingerprint density at radius 2 is 0.507 bits per heavy atom. The average Bonchev–Trinajstić information content (AvgIpc) is 3.39. The molecule has 0 rings (SSSR count). The molecule has 0 aromatic carbocycles. The van der Waals surface area contributed by atoms with Crippen molar-refractivity contribution in [2.45, 2.75) is 348 Å². The molecule has 0 aromatic heterocycles. The van der Waals surface area contributed by atoms with Crippen LogP contribution in [-0.2, 0) is 28.6 Å². The van der Waals surface area contributed by atoms with Gasteiger partial charge >= 0.3 is 17.9 Å². The first kappa shape index (κ1) is 70.4. The molecule has 6 nitrogen and oxygen atoms in total. The lowest BCUT2D eigenvalue weighted by atomic mass is 10.0. The Labute approximate surface area is 454 Å². The summed E-state index contributed by atoms with van der Waals surface area (Å²) in [6.07, 6.45) is 76.9. The van der Waals surface area contributed by atoms with Gasteiger partial charge in [-0.05, 0) is 96.3 Å². The number of allylic oxidation sites excluding steroid dienone is 8. The Bertz CT molecular complexity index is 1270. The van der Waals surface area contributed by atoms with Crippen molar-refractivity contribution in [2.75, 3.05) is 13.2 Å². The van der Waals surface area contributed by atoms with Crippen LogP contribution in [0.25, 0.3) is 0 Å². The van der Waals surface area contributed by atoms with Crippen LogP contribution in [0.5, 0.6) is 0 Å². The van der Waals surface area contributed by atoms with E-state index in [1.54, 1.807) is 0 Å². The fourth-order valence-corrected chi connectivity index (χ4v) is 9.39. The van der Waals surface area contributed by atoms with E-state index in [2.05, 4.69) is 69.4 Å². The number of esters is 3. The third-order valence-corrected chi connectivity index (χ3v) is 14.3. The Morgan fingerprint density at radius 3 is 0.808 bits per heavy atom. The van der Waals surface area contributed by atoms with Crippen LogP contribution in [-0.4, -0.2) is 37.2 Å². The Balaban J connectivity index is 4.26. The molecule has 0 saturated heterocycles. The van der Waals surface area contributed by atoms with Gasteiger partial charge in [0.25, 0.3) is 0 Å². The summed E-state index contributed by atoms with van der Waals surface area (Å²) < 4.78 is 16.9. The van der Waals surface area contributed by atoms with Gasteiger partial charge in [-0.15, -0.1) is 0 Å². The minimum absolute atomic E-state index is 0.0757. The number of carbonyl (C=O) groups excluding carboxylic acids is 3. The standard InChI is InChI=1S/C67H122O6/c1-4-7-10-13-16-19-22-24-26-28-30-32-33-35-36-38-40-42-45-48-51-54-57-60-66(69)72-63-64(62-71-65(68)59-56-53-50-47-44-21-18-15-12-9-6-3)73-67(70)61-58-55-52-49-46-43-41-39-37-34-31-29-27-25-23-20-17-14-11-8-5-2/h15,18,23,25,28-31,64H,4-14,16-17,19-22,24,26-27,32-63H2,1-3H3/b18-15-,25-23-,30-28-,31-29-. The van der Waals surface area contributed by atoms with Crippen molar-refractivity contribution >= 4 is 17.9 Å². The normalized spacial score (nSPS) is 12.3. The molecule has 73 heavy (non-hydrogen) atoms.